The molecule has 1 N–H and O–H groups in total. The van der Waals surface area contributed by atoms with Gasteiger partial charge in [0.25, 0.3) is 5.91 Å². The highest BCUT2D eigenvalue weighted by Gasteiger charge is 2.29. The first kappa shape index (κ1) is 19.5. The summed E-state index contributed by atoms with van der Waals surface area (Å²) < 4.78 is 19.8. The van der Waals surface area contributed by atoms with E-state index in [1.165, 1.54) is 12.1 Å². The van der Waals surface area contributed by atoms with Crippen molar-refractivity contribution in [2.24, 2.45) is 0 Å². The molecule has 0 unspecified atom stereocenters. The highest BCUT2D eigenvalue weighted by Crippen LogP contribution is 2.27. The molecule has 0 aliphatic carbocycles. The quantitative estimate of drug-likeness (QED) is 0.516. The third kappa shape index (κ3) is 4.73. The van der Waals surface area contributed by atoms with Gasteiger partial charge in [0.15, 0.2) is 5.11 Å². The fraction of sp³-hybridized carbons (Fsp3) is 0.200. The van der Waals surface area contributed by atoms with Crippen LogP contribution in [0, 0.1) is 5.82 Å². The fourth-order valence-electron chi connectivity index (χ4n) is 2.66. The van der Waals surface area contributed by atoms with Crippen molar-refractivity contribution in [3.8, 4) is 5.75 Å². The molecule has 0 bridgehead atoms. The highest BCUT2D eigenvalue weighted by molar-refractivity contribution is 9.10. The van der Waals surface area contributed by atoms with E-state index >= 15 is 0 Å². The first-order valence-electron chi connectivity index (χ1n) is 8.49. The molecule has 1 heterocycles. The summed E-state index contributed by atoms with van der Waals surface area (Å²) in [6, 6.07) is 11.7. The minimum absolute atomic E-state index is 0.147. The van der Waals surface area contributed by atoms with Crippen LogP contribution < -0.4 is 10.1 Å². The summed E-state index contributed by atoms with van der Waals surface area (Å²) >= 11 is 8.69. The predicted octanol–water partition coefficient (Wildman–Crippen LogP) is 4.63. The molecule has 2 aromatic carbocycles. The largest absolute Gasteiger partial charge is 0.488 e. The number of carbonyl (C=O) groups excluding carboxylic acids is 1. The van der Waals surface area contributed by atoms with E-state index in [0.717, 1.165) is 22.0 Å². The molecule has 4 nitrogen and oxygen atoms in total. The third-order valence-corrected chi connectivity index (χ3v) is 4.80. The molecule has 0 aromatic heterocycles. The lowest BCUT2D eigenvalue weighted by Crippen LogP contribution is -2.31. The van der Waals surface area contributed by atoms with Gasteiger partial charge in [-0.15, -0.1) is 0 Å². The van der Waals surface area contributed by atoms with E-state index < -0.39 is 0 Å². The van der Waals surface area contributed by atoms with Crippen molar-refractivity contribution in [1.29, 1.82) is 0 Å². The molecule has 1 amide bonds. The van der Waals surface area contributed by atoms with Crippen molar-refractivity contribution >= 4 is 45.2 Å². The summed E-state index contributed by atoms with van der Waals surface area (Å²) in [5.41, 5.74) is 2.00. The Labute approximate surface area is 171 Å². The number of benzene rings is 2. The Bertz CT molecular complexity index is 899. The second kappa shape index (κ2) is 8.63. The average Bonchev–Trinajstić information content (AvgIpc) is 2.90. The lowest BCUT2D eigenvalue weighted by Gasteiger charge is -2.11. The standard InChI is InChI=1S/C20H18BrFN2O2S/c1-2-9-24-19(25)17(23-20(24)27)11-14-10-15(21)5-8-18(14)26-12-13-3-6-16(22)7-4-13/h3-8,10-11H,2,9,12H2,1H3,(H,23,27)/b17-11-. The number of nitrogens with zero attached hydrogens (tertiary/aromatic N) is 1. The van der Waals surface area contributed by atoms with E-state index in [0.29, 0.717) is 29.7 Å². The van der Waals surface area contributed by atoms with Crippen LogP contribution in [0.25, 0.3) is 6.08 Å². The van der Waals surface area contributed by atoms with Gasteiger partial charge in [0.2, 0.25) is 0 Å². The Morgan fingerprint density at radius 2 is 2.00 bits per heavy atom. The van der Waals surface area contributed by atoms with Gasteiger partial charge in [-0.05, 0) is 60.6 Å². The molecule has 0 radical (unpaired) electrons. The zero-order valence-electron chi connectivity index (χ0n) is 14.7. The number of amides is 1. The van der Waals surface area contributed by atoms with Crippen LogP contribution in [0.1, 0.15) is 24.5 Å². The number of nitrogens with one attached hydrogen (secondary N) is 1. The minimum Gasteiger partial charge on any atom is -0.488 e. The Hall–Kier alpha value is -2.25. The van der Waals surface area contributed by atoms with E-state index in [4.69, 9.17) is 17.0 Å². The number of carbonyl (C=O) groups is 1. The summed E-state index contributed by atoms with van der Waals surface area (Å²) in [7, 11) is 0. The van der Waals surface area contributed by atoms with Gasteiger partial charge >= 0.3 is 0 Å². The second-order valence-corrected chi connectivity index (χ2v) is 7.34. The summed E-state index contributed by atoms with van der Waals surface area (Å²) in [6.07, 6.45) is 2.55. The smallest absolute Gasteiger partial charge is 0.276 e. The van der Waals surface area contributed by atoms with Gasteiger partial charge < -0.3 is 10.1 Å². The summed E-state index contributed by atoms with van der Waals surface area (Å²) in [5, 5.41) is 3.38. The number of thiocarbonyl (C=S) groups is 1. The predicted molar refractivity (Wildman–Crippen MR) is 111 cm³/mol. The highest BCUT2D eigenvalue weighted by atomic mass is 79.9. The maximum absolute atomic E-state index is 13.0. The molecule has 140 valence electrons. The summed E-state index contributed by atoms with van der Waals surface area (Å²) in [5.74, 6) is 0.182. The Morgan fingerprint density at radius 1 is 1.26 bits per heavy atom. The second-order valence-electron chi connectivity index (χ2n) is 6.04. The van der Waals surface area contributed by atoms with Crippen LogP contribution in [0.3, 0.4) is 0 Å². The van der Waals surface area contributed by atoms with E-state index in [1.807, 2.05) is 25.1 Å². The molecular weight excluding hydrogens is 431 g/mol. The van der Waals surface area contributed by atoms with Gasteiger partial charge in [-0.2, -0.15) is 0 Å². The SMILES string of the molecule is CCCN1C(=O)/C(=C/c2cc(Br)ccc2OCc2ccc(F)cc2)NC1=S. The Morgan fingerprint density at radius 3 is 2.70 bits per heavy atom. The number of rotatable bonds is 6. The number of ether oxygens (including phenoxy) is 1. The molecule has 1 fully saturated rings. The molecule has 27 heavy (non-hydrogen) atoms. The van der Waals surface area contributed by atoms with Gasteiger partial charge in [-0.1, -0.05) is 35.0 Å². The zero-order chi connectivity index (χ0) is 19.4. The number of hydrogen-bond donors (Lipinski definition) is 1. The molecular formula is C20H18BrFN2O2S. The van der Waals surface area contributed by atoms with Gasteiger partial charge in [0, 0.05) is 16.6 Å². The normalized spacial score (nSPS) is 15.4. The molecule has 2 aromatic rings. The third-order valence-electron chi connectivity index (χ3n) is 3.99. The lowest BCUT2D eigenvalue weighted by atomic mass is 10.1. The van der Waals surface area contributed by atoms with E-state index in [1.54, 1.807) is 23.1 Å². The van der Waals surface area contributed by atoms with Crippen LogP contribution in [0.5, 0.6) is 5.75 Å². The molecule has 7 heteroatoms. The van der Waals surface area contributed by atoms with Crippen LogP contribution >= 0.6 is 28.1 Å². The molecule has 1 saturated heterocycles. The van der Waals surface area contributed by atoms with Crippen molar-refractivity contribution < 1.29 is 13.9 Å². The van der Waals surface area contributed by atoms with Crippen molar-refractivity contribution in [2.75, 3.05) is 6.54 Å². The molecule has 1 aliphatic heterocycles. The maximum Gasteiger partial charge on any atom is 0.276 e. The minimum atomic E-state index is -0.286. The number of halogens is 2. The van der Waals surface area contributed by atoms with Crippen LogP contribution in [0.4, 0.5) is 4.39 Å². The van der Waals surface area contributed by atoms with Crippen LogP contribution in [-0.2, 0) is 11.4 Å². The Balaban J connectivity index is 1.83. The van der Waals surface area contributed by atoms with Crippen molar-refractivity contribution in [1.82, 2.24) is 10.2 Å². The molecule has 0 saturated carbocycles. The monoisotopic (exact) mass is 448 g/mol. The summed E-state index contributed by atoms with van der Waals surface area (Å²) in [6.45, 7) is 2.86. The molecule has 0 atom stereocenters. The van der Waals surface area contributed by atoms with Crippen LogP contribution in [-0.4, -0.2) is 22.5 Å². The molecule has 1 aliphatic rings. The fourth-order valence-corrected chi connectivity index (χ4v) is 3.32. The molecule has 0 spiro atoms. The van der Waals surface area contributed by atoms with Crippen LogP contribution in [0.2, 0.25) is 0 Å². The maximum atomic E-state index is 13.0. The first-order valence-corrected chi connectivity index (χ1v) is 9.69. The molecule has 3 rings (SSSR count). The number of hydrogen-bond acceptors (Lipinski definition) is 3. The topological polar surface area (TPSA) is 41.6 Å². The lowest BCUT2D eigenvalue weighted by molar-refractivity contribution is -0.122. The summed E-state index contributed by atoms with van der Waals surface area (Å²) in [4.78, 5) is 14.1. The van der Waals surface area contributed by atoms with Gasteiger partial charge in [-0.3, -0.25) is 9.69 Å². The first-order chi connectivity index (χ1) is 13.0. The van der Waals surface area contributed by atoms with E-state index in [2.05, 4.69) is 21.2 Å². The van der Waals surface area contributed by atoms with Gasteiger partial charge in [0.1, 0.15) is 23.9 Å². The van der Waals surface area contributed by atoms with E-state index in [-0.39, 0.29) is 11.7 Å². The van der Waals surface area contributed by atoms with E-state index in [9.17, 15) is 9.18 Å². The average molecular weight is 449 g/mol. The van der Waals surface area contributed by atoms with Crippen molar-refractivity contribution in [3.05, 3.63) is 69.6 Å². The van der Waals surface area contributed by atoms with Crippen molar-refractivity contribution in [3.63, 3.8) is 0 Å². The zero-order valence-corrected chi connectivity index (χ0v) is 17.1. The van der Waals surface area contributed by atoms with Gasteiger partial charge in [-0.25, -0.2) is 4.39 Å². The Kier molecular flexibility index (Phi) is 6.23. The van der Waals surface area contributed by atoms with Gasteiger partial charge in [0.05, 0.1) is 0 Å². The van der Waals surface area contributed by atoms with Crippen molar-refractivity contribution in [2.45, 2.75) is 20.0 Å². The van der Waals surface area contributed by atoms with Crippen LogP contribution in [0.15, 0.2) is 52.6 Å².